The van der Waals surface area contributed by atoms with E-state index in [0.717, 1.165) is 42.5 Å². The number of likely N-dealkylation sites (tertiary alicyclic amines) is 1. The molecule has 4 rings (SSSR count). The summed E-state index contributed by atoms with van der Waals surface area (Å²) >= 11 is 0. The zero-order chi connectivity index (χ0) is 19.6. The van der Waals surface area contributed by atoms with Gasteiger partial charge in [-0.3, -0.25) is 14.8 Å². The van der Waals surface area contributed by atoms with E-state index in [-0.39, 0.29) is 28.2 Å². The van der Waals surface area contributed by atoms with Crippen LogP contribution in [0.2, 0.25) is 0 Å². The SMILES string of the molecule is Cc1nn(C2CC3(C2)CN(C(=O)OC(C)(C)C)C3)c2ccc([N+](=O)[O-])cc12. The van der Waals surface area contributed by atoms with Gasteiger partial charge in [0.1, 0.15) is 5.60 Å². The fraction of sp³-hybridized carbons (Fsp3) is 0.579. The van der Waals surface area contributed by atoms with E-state index in [9.17, 15) is 14.9 Å². The minimum absolute atomic E-state index is 0.0854. The molecule has 1 aromatic carbocycles. The number of carbonyl (C=O) groups is 1. The van der Waals surface area contributed by atoms with E-state index >= 15 is 0 Å². The number of benzene rings is 1. The fourth-order valence-electron chi connectivity index (χ4n) is 4.26. The molecule has 27 heavy (non-hydrogen) atoms. The van der Waals surface area contributed by atoms with E-state index < -0.39 is 5.60 Å². The molecule has 0 N–H and O–H groups in total. The molecule has 1 aromatic heterocycles. The molecule has 2 fully saturated rings. The highest BCUT2D eigenvalue weighted by molar-refractivity contribution is 5.84. The van der Waals surface area contributed by atoms with Crippen LogP contribution in [-0.2, 0) is 4.74 Å². The highest BCUT2D eigenvalue weighted by atomic mass is 16.6. The van der Waals surface area contributed by atoms with Gasteiger partial charge in [-0.2, -0.15) is 5.10 Å². The van der Waals surface area contributed by atoms with Gasteiger partial charge in [-0.25, -0.2) is 4.79 Å². The van der Waals surface area contributed by atoms with Crippen molar-refractivity contribution in [2.75, 3.05) is 13.1 Å². The van der Waals surface area contributed by atoms with Crippen LogP contribution in [0.4, 0.5) is 10.5 Å². The van der Waals surface area contributed by atoms with Crippen LogP contribution in [0.5, 0.6) is 0 Å². The fourth-order valence-corrected chi connectivity index (χ4v) is 4.26. The summed E-state index contributed by atoms with van der Waals surface area (Å²) in [4.78, 5) is 24.5. The van der Waals surface area contributed by atoms with E-state index in [4.69, 9.17) is 4.74 Å². The Labute approximate surface area is 157 Å². The number of carbonyl (C=O) groups excluding carboxylic acids is 1. The lowest BCUT2D eigenvalue weighted by Gasteiger charge is -2.58. The van der Waals surface area contributed by atoms with Crippen LogP contribution >= 0.6 is 0 Å². The van der Waals surface area contributed by atoms with Gasteiger partial charge in [-0.1, -0.05) is 0 Å². The van der Waals surface area contributed by atoms with Crippen LogP contribution in [0.3, 0.4) is 0 Å². The van der Waals surface area contributed by atoms with E-state index in [2.05, 4.69) is 5.10 Å². The Morgan fingerprint density at radius 2 is 2.00 bits per heavy atom. The van der Waals surface area contributed by atoms with Gasteiger partial charge in [0.15, 0.2) is 0 Å². The predicted molar refractivity (Wildman–Crippen MR) is 99.6 cm³/mol. The largest absolute Gasteiger partial charge is 0.444 e. The summed E-state index contributed by atoms with van der Waals surface area (Å²) < 4.78 is 7.42. The number of fused-ring (bicyclic) bond motifs is 1. The van der Waals surface area contributed by atoms with Crippen molar-refractivity contribution < 1.29 is 14.5 Å². The normalized spacial score (nSPS) is 19.0. The van der Waals surface area contributed by atoms with E-state index in [1.54, 1.807) is 17.0 Å². The maximum atomic E-state index is 12.1. The van der Waals surface area contributed by atoms with Gasteiger partial charge in [-0.05, 0) is 46.6 Å². The average molecular weight is 372 g/mol. The van der Waals surface area contributed by atoms with Crippen molar-refractivity contribution in [3.05, 3.63) is 34.0 Å². The Hall–Kier alpha value is -2.64. The Kier molecular flexibility index (Phi) is 3.73. The highest BCUT2D eigenvalue weighted by Crippen LogP contribution is 2.54. The number of nitro groups is 1. The van der Waals surface area contributed by atoms with Crippen LogP contribution < -0.4 is 0 Å². The van der Waals surface area contributed by atoms with Gasteiger partial charge in [0.05, 0.1) is 22.2 Å². The molecule has 2 aromatic rings. The first-order valence-corrected chi connectivity index (χ1v) is 9.18. The van der Waals surface area contributed by atoms with Gasteiger partial charge in [0, 0.05) is 36.0 Å². The van der Waals surface area contributed by atoms with Gasteiger partial charge in [-0.15, -0.1) is 0 Å². The second kappa shape index (κ2) is 5.68. The smallest absolute Gasteiger partial charge is 0.410 e. The van der Waals surface area contributed by atoms with Crippen LogP contribution in [0.25, 0.3) is 10.9 Å². The van der Waals surface area contributed by atoms with E-state index in [1.165, 1.54) is 6.07 Å². The number of rotatable bonds is 2. The molecule has 0 bridgehead atoms. The summed E-state index contributed by atoms with van der Waals surface area (Å²) in [5.41, 5.74) is 1.51. The van der Waals surface area contributed by atoms with Crippen molar-refractivity contribution in [3.63, 3.8) is 0 Å². The van der Waals surface area contributed by atoms with E-state index in [1.807, 2.05) is 32.4 Å². The number of hydrogen-bond donors (Lipinski definition) is 0. The molecule has 1 spiro atoms. The van der Waals surface area contributed by atoms with Gasteiger partial charge < -0.3 is 9.64 Å². The third-order valence-electron chi connectivity index (χ3n) is 5.47. The molecule has 8 heteroatoms. The molecule has 2 heterocycles. The molecule has 1 amide bonds. The average Bonchev–Trinajstić information content (AvgIpc) is 2.79. The third kappa shape index (κ3) is 3.02. The second-order valence-corrected chi connectivity index (χ2v) is 8.89. The highest BCUT2D eigenvalue weighted by Gasteiger charge is 2.55. The molecule has 1 saturated carbocycles. The quantitative estimate of drug-likeness (QED) is 0.590. The first-order chi connectivity index (χ1) is 12.6. The summed E-state index contributed by atoms with van der Waals surface area (Å²) in [5, 5.41) is 16.5. The van der Waals surface area contributed by atoms with Gasteiger partial charge >= 0.3 is 6.09 Å². The molecule has 1 aliphatic heterocycles. The number of ether oxygens (including phenoxy) is 1. The molecule has 0 atom stereocenters. The number of amides is 1. The second-order valence-electron chi connectivity index (χ2n) is 8.89. The van der Waals surface area contributed by atoms with Crippen molar-refractivity contribution in [3.8, 4) is 0 Å². The van der Waals surface area contributed by atoms with Crippen molar-refractivity contribution >= 4 is 22.7 Å². The molecule has 0 radical (unpaired) electrons. The standard InChI is InChI=1S/C19H24N4O4/c1-12-15-7-13(23(25)26)5-6-16(15)22(20-12)14-8-19(9-14)10-21(11-19)17(24)27-18(2,3)4/h5-7,14H,8-11H2,1-4H3. The summed E-state index contributed by atoms with van der Waals surface area (Å²) in [6, 6.07) is 5.17. The molecule has 144 valence electrons. The van der Waals surface area contributed by atoms with Crippen molar-refractivity contribution in [1.82, 2.24) is 14.7 Å². The lowest BCUT2D eigenvalue weighted by Crippen LogP contribution is -2.64. The van der Waals surface area contributed by atoms with Crippen LogP contribution in [0.15, 0.2) is 18.2 Å². The first-order valence-electron chi connectivity index (χ1n) is 9.18. The van der Waals surface area contributed by atoms with Crippen LogP contribution in [0.1, 0.15) is 45.3 Å². The summed E-state index contributed by atoms with van der Waals surface area (Å²) in [6.45, 7) is 8.94. The van der Waals surface area contributed by atoms with Crippen LogP contribution in [-0.4, -0.2) is 44.4 Å². The molecule has 1 saturated heterocycles. The zero-order valence-corrected chi connectivity index (χ0v) is 16.1. The number of aromatic nitrogens is 2. The molecule has 0 unspecified atom stereocenters. The lowest BCUT2D eigenvalue weighted by molar-refractivity contribution is -0.384. The molecule has 8 nitrogen and oxygen atoms in total. The topological polar surface area (TPSA) is 90.5 Å². The third-order valence-corrected chi connectivity index (χ3v) is 5.47. The summed E-state index contributed by atoms with van der Waals surface area (Å²) in [5.74, 6) is 0. The van der Waals surface area contributed by atoms with E-state index in [0.29, 0.717) is 0 Å². The monoisotopic (exact) mass is 372 g/mol. The number of nitrogens with zero attached hydrogens (tertiary/aromatic N) is 4. The van der Waals surface area contributed by atoms with Crippen LogP contribution in [0, 0.1) is 22.5 Å². The Morgan fingerprint density at radius 1 is 1.33 bits per heavy atom. The first kappa shape index (κ1) is 17.8. The maximum absolute atomic E-state index is 12.1. The number of nitro benzene ring substituents is 1. The predicted octanol–water partition coefficient (Wildman–Crippen LogP) is 3.82. The molecule has 2 aliphatic rings. The Balaban J connectivity index is 1.44. The zero-order valence-electron chi connectivity index (χ0n) is 16.1. The lowest BCUT2D eigenvalue weighted by atomic mass is 9.61. The number of aryl methyl sites for hydroxylation is 1. The molecular formula is C19H24N4O4. The molecule has 1 aliphatic carbocycles. The summed E-state index contributed by atoms with van der Waals surface area (Å²) in [7, 11) is 0. The van der Waals surface area contributed by atoms with Crippen molar-refractivity contribution in [2.24, 2.45) is 5.41 Å². The van der Waals surface area contributed by atoms with Gasteiger partial charge in [0.2, 0.25) is 0 Å². The summed E-state index contributed by atoms with van der Waals surface area (Å²) in [6.07, 6.45) is 1.67. The van der Waals surface area contributed by atoms with Crippen molar-refractivity contribution in [1.29, 1.82) is 0 Å². The minimum Gasteiger partial charge on any atom is -0.444 e. The Bertz CT molecular complexity index is 929. The van der Waals surface area contributed by atoms with Gasteiger partial charge in [0.25, 0.3) is 5.69 Å². The minimum atomic E-state index is -0.476. The maximum Gasteiger partial charge on any atom is 0.410 e. The Morgan fingerprint density at radius 3 is 2.59 bits per heavy atom. The number of non-ortho nitro benzene ring substituents is 1. The van der Waals surface area contributed by atoms with Crippen molar-refractivity contribution in [2.45, 2.75) is 52.2 Å². The molecular weight excluding hydrogens is 348 g/mol. The number of hydrogen-bond acceptors (Lipinski definition) is 5.